The number of anilines is 1. The van der Waals surface area contributed by atoms with E-state index in [-0.39, 0.29) is 23.2 Å². The highest BCUT2D eigenvalue weighted by atomic mass is 35.5. The SMILES string of the molecule is CC(O)CC(C)CNC(=O)C(=O)Nc1cc(Cl)ccc1F. The largest absolute Gasteiger partial charge is 0.393 e. The summed E-state index contributed by atoms with van der Waals surface area (Å²) in [6.07, 6.45) is 0.0245. The molecule has 5 nitrogen and oxygen atoms in total. The van der Waals surface area contributed by atoms with Gasteiger partial charge in [-0.3, -0.25) is 9.59 Å². The summed E-state index contributed by atoms with van der Waals surface area (Å²) in [6, 6.07) is 3.66. The number of benzene rings is 1. The van der Waals surface area contributed by atoms with E-state index in [2.05, 4.69) is 10.6 Å². The van der Waals surface area contributed by atoms with E-state index in [1.807, 2.05) is 6.92 Å². The summed E-state index contributed by atoms with van der Waals surface area (Å²) in [5.74, 6) is -2.50. The molecular weight excluding hydrogens is 299 g/mol. The smallest absolute Gasteiger partial charge is 0.313 e. The van der Waals surface area contributed by atoms with Gasteiger partial charge in [0.15, 0.2) is 0 Å². The molecule has 0 aliphatic carbocycles. The second-order valence-electron chi connectivity index (χ2n) is 4.98. The molecule has 116 valence electrons. The zero-order valence-electron chi connectivity index (χ0n) is 11.8. The van der Waals surface area contributed by atoms with Crippen molar-refractivity contribution in [2.75, 3.05) is 11.9 Å². The molecule has 0 bridgehead atoms. The fraction of sp³-hybridized carbons (Fsp3) is 0.429. The summed E-state index contributed by atoms with van der Waals surface area (Å²) >= 11 is 5.69. The third kappa shape index (κ3) is 6.10. The molecule has 0 saturated heterocycles. The molecule has 0 spiro atoms. The number of carbonyl (C=O) groups excluding carboxylic acids is 2. The number of aliphatic hydroxyl groups is 1. The molecule has 0 aliphatic rings. The van der Waals surface area contributed by atoms with Gasteiger partial charge in [-0.2, -0.15) is 0 Å². The van der Waals surface area contributed by atoms with E-state index in [1.165, 1.54) is 12.1 Å². The number of carbonyl (C=O) groups is 2. The minimum atomic E-state index is -0.972. The highest BCUT2D eigenvalue weighted by Crippen LogP contribution is 2.19. The van der Waals surface area contributed by atoms with Gasteiger partial charge in [0.2, 0.25) is 0 Å². The minimum Gasteiger partial charge on any atom is -0.393 e. The van der Waals surface area contributed by atoms with E-state index in [0.29, 0.717) is 6.42 Å². The lowest BCUT2D eigenvalue weighted by Gasteiger charge is -2.14. The minimum absolute atomic E-state index is 0.0182. The summed E-state index contributed by atoms with van der Waals surface area (Å²) in [4.78, 5) is 23.2. The van der Waals surface area contributed by atoms with Crippen molar-refractivity contribution in [1.29, 1.82) is 0 Å². The highest BCUT2D eigenvalue weighted by Gasteiger charge is 2.17. The van der Waals surface area contributed by atoms with Gasteiger partial charge in [-0.15, -0.1) is 0 Å². The number of rotatable bonds is 5. The number of hydrogen-bond acceptors (Lipinski definition) is 3. The van der Waals surface area contributed by atoms with Gasteiger partial charge in [0, 0.05) is 11.6 Å². The Labute approximate surface area is 127 Å². The monoisotopic (exact) mass is 316 g/mol. The van der Waals surface area contributed by atoms with Crippen molar-refractivity contribution >= 4 is 29.1 Å². The quantitative estimate of drug-likeness (QED) is 0.726. The van der Waals surface area contributed by atoms with E-state index in [9.17, 15) is 19.1 Å². The van der Waals surface area contributed by atoms with Crippen molar-refractivity contribution in [2.24, 2.45) is 5.92 Å². The van der Waals surface area contributed by atoms with Crippen molar-refractivity contribution in [2.45, 2.75) is 26.4 Å². The van der Waals surface area contributed by atoms with Crippen LogP contribution in [-0.4, -0.2) is 29.6 Å². The van der Waals surface area contributed by atoms with Crippen LogP contribution in [0.3, 0.4) is 0 Å². The summed E-state index contributed by atoms with van der Waals surface area (Å²) in [5, 5.41) is 14.0. The molecule has 0 heterocycles. The van der Waals surface area contributed by atoms with Crippen molar-refractivity contribution < 1.29 is 19.1 Å². The summed E-state index contributed by atoms with van der Waals surface area (Å²) in [7, 11) is 0. The van der Waals surface area contributed by atoms with Gasteiger partial charge >= 0.3 is 11.8 Å². The molecule has 0 fully saturated rings. The Hall–Kier alpha value is -1.66. The van der Waals surface area contributed by atoms with Crippen LogP contribution >= 0.6 is 11.6 Å². The van der Waals surface area contributed by atoms with Crippen molar-refractivity contribution in [3.8, 4) is 0 Å². The molecule has 0 aliphatic heterocycles. The first kappa shape index (κ1) is 17.4. The van der Waals surface area contributed by atoms with Crippen LogP contribution in [0.25, 0.3) is 0 Å². The normalized spacial score (nSPS) is 13.4. The van der Waals surface area contributed by atoms with Crippen LogP contribution in [0.4, 0.5) is 10.1 Å². The lowest BCUT2D eigenvalue weighted by Crippen LogP contribution is -2.38. The summed E-state index contributed by atoms with van der Waals surface area (Å²) in [5.41, 5.74) is -0.153. The van der Waals surface area contributed by atoms with Gasteiger partial charge in [0.1, 0.15) is 5.82 Å². The van der Waals surface area contributed by atoms with E-state index in [4.69, 9.17) is 11.6 Å². The molecule has 3 N–H and O–H groups in total. The first-order valence-corrected chi connectivity index (χ1v) is 6.89. The summed E-state index contributed by atoms with van der Waals surface area (Å²) in [6.45, 7) is 3.73. The Kier molecular flexibility index (Phi) is 6.58. The molecule has 1 rings (SSSR count). The van der Waals surface area contributed by atoms with Crippen LogP contribution in [0.15, 0.2) is 18.2 Å². The average Bonchev–Trinajstić information content (AvgIpc) is 2.39. The second kappa shape index (κ2) is 7.95. The molecule has 1 aromatic rings. The van der Waals surface area contributed by atoms with Crippen LogP contribution in [0.2, 0.25) is 5.02 Å². The predicted octanol–water partition coefficient (Wildman–Crippen LogP) is 1.94. The van der Waals surface area contributed by atoms with Gasteiger partial charge in [-0.05, 0) is 37.5 Å². The molecule has 21 heavy (non-hydrogen) atoms. The zero-order valence-corrected chi connectivity index (χ0v) is 12.6. The van der Waals surface area contributed by atoms with Gasteiger partial charge in [0.25, 0.3) is 0 Å². The van der Waals surface area contributed by atoms with Gasteiger partial charge < -0.3 is 15.7 Å². The maximum Gasteiger partial charge on any atom is 0.313 e. The van der Waals surface area contributed by atoms with Crippen LogP contribution in [0.5, 0.6) is 0 Å². The van der Waals surface area contributed by atoms with Crippen LogP contribution in [-0.2, 0) is 9.59 Å². The van der Waals surface area contributed by atoms with Crippen molar-refractivity contribution in [3.05, 3.63) is 29.0 Å². The standard InChI is InChI=1S/C14H18ClFN2O3/c1-8(5-9(2)19)7-17-13(20)14(21)18-12-6-10(15)3-4-11(12)16/h3-4,6,8-9,19H,5,7H2,1-2H3,(H,17,20)(H,18,21). The summed E-state index contributed by atoms with van der Waals surface area (Å²) < 4.78 is 13.4. The molecule has 0 radical (unpaired) electrons. The molecule has 2 atom stereocenters. The van der Waals surface area contributed by atoms with Gasteiger partial charge in [-0.1, -0.05) is 18.5 Å². The van der Waals surface area contributed by atoms with E-state index in [0.717, 1.165) is 6.07 Å². The molecular formula is C14H18ClFN2O3. The molecule has 1 aromatic carbocycles. The second-order valence-corrected chi connectivity index (χ2v) is 5.41. The number of amides is 2. The Morgan fingerprint density at radius 1 is 1.33 bits per heavy atom. The topological polar surface area (TPSA) is 78.4 Å². The van der Waals surface area contributed by atoms with Crippen LogP contribution in [0.1, 0.15) is 20.3 Å². The molecule has 0 aromatic heterocycles. The Morgan fingerprint density at radius 2 is 2.00 bits per heavy atom. The number of nitrogens with one attached hydrogen (secondary N) is 2. The predicted molar refractivity (Wildman–Crippen MR) is 78.5 cm³/mol. The Balaban J connectivity index is 2.51. The highest BCUT2D eigenvalue weighted by molar-refractivity contribution is 6.39. The molecule has 7 heteroatoms. The first-order valence-electron chi connectivity index (χ1n) is 6.52. The van der Waals surface area contributed by atoms with E-state index >= 15 is 0 Å². The van der Waals surface area contributed by atoms with E-state index < -0.39 is 23.7 Å². The van der Waals surface area contributed by atoms with Crippen molar-refractivity contribution in [3.63, 3.8) is 0 Å². The van der Waals surface area contributed by atoms with Crippen molar-refractivity contribution in [1.82, 2.24) is 5.32 Å². The lowest BCUT2D eigenvalue weighted by atomic mass is 10.0. The first-order chi connectivity index (χ1) is 9.79. The number of halogens is 2. The maximum absolute atomic E-state index is 13.4. The molecule has 0 saturated carbocycles. The fourth-order valence-electron chi connectivity index (χ4n) is 1.79. The van der Waals surface area contributed by atoms with Crippen LogP contribution < -0.4 is 10.6 Å². The van der Waals surface area contributed by atoms with Gasteiger partial charge in [-0.25, -0.2) is 4.39 Å². The zero-order chi connectivity index (χ0) is 16.0. The third-order valence-corrected chi connectivity index (χ3v) is 2.97. The number of aliphatic hydroxyl groups excluding tert-OH is 1. The van der Waals surface area contributed by atoms with Crippen LogP contribution in [0, 0.1) is 11.7 Å². The Morgan fingerprint density at radius 3 is 2.62 bits per heavy atom. The lowest BCUT2D eigenvalue weighted by molar-refractivity contribution is -0.136. The molecule has 2 unspecified atom stereocenters. The maximum atomic E-state index is 13.4. The molecule has 2 amide bonds. The third-order valence-electron chi connectivity index (χ3n) is 2.74. The Bertz CT molecular complexity index is 523. The number of hydrogen-bond donors (Lipinski definition) is 3. The average molecular weight is 317 g/mol. The van der Waals surface area contributed by atoms with E-state index in [1.54, 1.807) is 6.92 Å². The fourth-order valence-corrected chi connectivity index (χ4v) is 1.96. The van der Waals surface area contributed by atoms with Gasteiger partial charge in [0.05, 0.1) is 11.8 Å².